The van der Waals surface area contributed by atoms with Crippen molar-refractivity contribution in [3.8, 4) is 11.5 Å². The molecule has 0 spiro atoms. The highest BCUT2D eigenvalue weighted by molar-refractivity contribution is 6.00. The van der Waals surface area contributed by atoms with Crippen LogP contribution in [0.4, 0.5) is 5.69 Å². The summed E-state index contributed by atoms with van der Waals surface area (Å²) in [5.74, 6) is 1.01. The molecule has 0 saturated heterocycles. The molecule has 1 aliphatic rings. The van der Waals surface area contributed by atoms with E-state index in [9.17, 15) is 4.79 Å². The van der Waals surface area contributed by atoms with Crippen molar-refractivity contribution in [2.45, 2.75) is 12.5 Å². The first-order chi connectivity index (χ1) is 13.1. The maximum absolute atomic E-state index is 13.4. The third-order valence-corrected chi connectivity index (χ3v) is 4.70. The SMILES string of the molecule is CN(C)Cc1ccccc1NC(=O)C1c2ccccc2Oc2ccccc21. The molecule has 1 heterocycles. The quantitative estimate of drug-likeness (QED) is 0.740. The van der Waals surface area contributed by atoms with Gasteiger partial charge in [-0.25, -0.2) is 0 Å². The van der Waals surface area contributed by atoms with Gasteiger partial charge in [-0.3, -0.25) is 4.79 Å². The van der Waals surface area contributed by atoms with Gasteiger partial charge in [-0.15, -0.1) is 0 Å². The lowest BCUT2D eigenvalue weighted by atomic mass is 9.87. The van der Waals surface area contributed by atoms with Crippen molar-refractivity contribution in [3.05, 3.63) is 89.5 Å². The summed E-state index contributed by atoms with van der Waals surface area (Å²) >= 11 is 0. The van der Waals surface area contributed by atoms with E-state index in [1.54, 1.807) is 0 Å². The van der Waals surface area contributed by atoms with E-state index in [1.165, 1.54) is 0 Å². The largest absolute Gasteiger partial charge is 0.457 e. The molecule has 136 valence electrons. The molecule has 1 amide bonds. The van der Waals surface area contributed by atoms with Crippen LogP contribution in [-0.2, 0) is 11.3 Å². The number of hydrogen-bond donors (Lipinski definition) is 1. The molecule has 3 aromatic carbocycles. The second-order valence-electron chi connectivity index (χ2n) is 6.99. The van der Waals surface area contributed by atoms with Crippen LogP contribution in [0.25, 0.3) is 0 Å². The Hall–Kier alpha value is -3.11. The smallest absolute Gasteiger partial charge is 0.236 e. The Balaban J connectivity index is 1.71. The van der Waals surface area contributed by atoms with Gasteiger partial charge >= 0.3 is 0 Å². The number of rotatable bonds is 4. The predicted octanol–water partition coefficient (Wildman–Crippen LogP) is 4.62. The van der Waals surface area contributed by atoms with E-state index in [1.807, 2.05) is 86.9 Å². The molecule has 0 bridgehead atoms. The van der Waals surface area contributed by atoms with Crippen LogP contribution in [-0.4, -0.2) is 24.9 Å². The topological polar surface area (TPSA) is 41.6 Å². The van der Waals surface area contributed by atoms with Gasteiger partial charge in [0.2, 0.25) is 5.91 Å². The van der Waals surface area contributed by atoms with Gasteiger partial charge < -0.3 is 15.0 Å². The molecule has 1 N–H and O–H groups in total. The highest BCUT2D eigenvalue weighted by Crippen LogP contribution is 2.44. The summed E-state index contributed by atoms with van der Waals surface area (Å²) in [5, 5.41) is 3.15. The number of ether oxygens (including phenoxy) is 1. The van der Waals surface area contributed by atoms with Crippen LogP contribution < -0.4 is 10.1 Å². The van der Waals surface area contributed by atoms with E-state index >= 15 is 0 Å². The van der Waals surface area contributed by atoms with Crippen LogP contribution in [0.5, 0.6) is 11.5 Å². The minimum atomic E-state index is -0.404. The molecule has 0 atom stereocenters. The average molecular weight is 358 g/mol. The van der Waals surface area contributed by atoms with Crippen LogP contribution in [0.2, 0.25) is 0 Å². The maximum atomic E-state index is 13.4. The molecule has 0 aliphatic carbocycles. The highest BCUT2D eigenvalue weighted by Gasteiger charge is 2.32. The standard InChI is InChI=1S/C23H22N2O2/c1-25(2)15-16-9-3-6-12-19(16)24-23(26)22-17-10-4-7-13-20(17)27-21-14-8-5-11-18(21)22/h3-14,22H,15H2,1-2H3,(H,24,26). The van der Waals surface area contributed by atoms with Crippen LogP contribution in [0, 0.1) is 0 Å². The first-order valence-electron chi connectivity index (χ1n) is 9.02. The molecule has 0 aromatic heterocycles. The van der Waals surface area contributed by atoms with Crippen molar-refractivity contribution in [3.63, 3.8) is 0 Å². The predicted molar refractivity (Wildman–Crippen MR) is 107 cm³/mol. The minimum absolute atomic E-state index is 0.0515. The Bertz CT molecular complexity index is 936. The van der Waals surface area contributed by atoms with Crippen molar-refractivity contribution in [2.24, 2.45) is 0 Å². The monoisotopic (exact) mass is 358 g/mol. The summed E-state index contributed by atoms with van der Waals surface area (Å²) in [6, 6.07) is 23.4. The Morgan fingerprint density at radius 3 is 2.07 bits per heavy atom. The molecule has 0 radical (unpaired) electrons. The summed E-state index contributed by atoms with van der Waals surface area (Å²) in [6.07, 6.45) is 0. The van der Waals surface area contributed by atoms with Crippen molar-refractivity contribution >= 4 is 11.6 Å². The average Bonchev–Trinajstić information content (AvgIpc) is 2.67. The molecular formula is C23H22N2O2. The Labute approximate surface area is 159 Å². The fourth-order valence-corrected chi connectivity index (χ4v) is 3.52. The fraction of sp³-hybridized carbons (Fsp3) is 0.174. The lowest BCUT2D eigenvalue weighted by Crippen LogP contribution is -2.26. The number of hydrogen-bond acceptors (Lipinski definition) is 3. The molecule has 1 aliphatic heterocycles. The van der Waals surface area contributed by atoms with Gasteiger partial charge in [0.05, 0.1) is 5.92 Å². The number of nitrogens with zero attached hydrogens (tertiary/aromatic N) is 1. The Kier molecular flexibility index (Phi) is 4.65. The summed E-state index contributed by atoms with van der Waals surface area (Å²) in [4.78, 5) is 15.4. The van der Waals surface area contributed by atoms with Gasteiger partial charge in [0, 0.05) is 23.4 Å². The van der Waals surface area contributed by atoms with Crippen molar-refractivity contribution in [2.75, 3.05) is 19.4 Å². The number of amides is 1. The first-order valence-corrected chi connectivity index (χ1v) is 9.02. The van der Waals surface area contributed by atoms with Gasteiger partial charge in [-0.05, 0) is 37.9 Å². The Morgan fingerprint density at radius 1 is 0.889 bits per heavy atom. The first kappa shape index (κ1) is 17.3. The van der Waals surface area contributed by atoms with Crippen LogP contribution in [0.1, 0.15) is 22.6 Å². The summed E-state index contributed by atoms with van der Waals surface area (Å²) in [5.41, 5.74) is 3.71. The Morgan fingerprint density at radius 2 is 1.44 bits per heavy atom. The van der Waals surface area contributed by atoms with Gasteiger partial charge in [0.25, 0.3) is 0 Å². The second-order valence-corrected chi connectivity index (χ2v) is 6.99. The molecule has 4 rings (SSSR count). The molecule has 27 heavy (non-hydrogen) atoms. The summed E-state index contributed by atoms with van der Waals surface area (Å²) in [7, 11) is 4.03. The van der Waals surface area contributed by atoms with Gasteiger partial charge in [0.15, 0.2) is 0 Å². The van der Waals surface area contributed by atoms with Gasteiger partial charge in [-0.2, -0.15) is 0 Å². The van der Waals surface area contributed by atoms with Crippen LogP contribution in [0.3, 0.4) is 0 Å². The molecule has 4 nitrogen and oxygen atoms in total. The normalized spacial score (nSPS) is 12.9. The number of carbonyl (C=O) groups excluding carboxylic acids is 1. The van der Waals surface area contributed by atoms with Crippen LogP contribution >= 0.6 is 0 Å². The summed E-state index contributed by atoms with van der Waals surface area (Å²) < 4.78 is 6.00. The minimum Gasteiger partial charge on any atom is -0.457 e. The molecule has 3 aromatic rings. The number of para-hydroxylation sites is 3. The number of anilines is 1. The molecule has 0 fully saturated rings. The number of fused-ring (bicyclic) bond motifs is 2. The third-order valence-electron chi connectivity index (χ3n) is 4.70. The second kappa shape index (κ2) is 7.25. The number of carbonyl (C=O) groups is 1. The molecular weight excluding hydrogens is 336 g/mol. The zero-order valence-corrected chi connectivity index (χ0v) is 15.5. The lowest BCUT2D eigenvalue weighted by molar-refractivity contribution is -0.116. The van der Waals surface area contributed by atoms with E-state index in [2.05, 4.69) is 10.2 Å². The molecule has 0 saturated carbocycles. The zero-order valence-electron chi connectivity index (χ0n) is 15.5. The molecule has 4 heteroatoms. The van der Waals surface area contributed by atoms with E-state index in [0.717, 1.165) is 40.4 Å². The van der Waals surface area contributed by atoms with Crippen molar-refractivity contribution < 1.29 is 9.53 Å². The third kappa shape index (κ3) is 3.44. The number of nitrogens with one attached hydrogen (secondary N) is 1. The van der Waals surface area contributed by atoms with Gasteiger partial charge in [-0.1, -0.05) is 54.6 Å². The van der Waals surface area contributed by atoms with E-state index in [4.69, 9.17) is 4.74 Å². The molecule has 0 unspecified atom stereocenters. The fourth-order valence-electron chi connectivity index (χ4n) is 3.52. The van der Waals surface area contributed by atoms with Crippen molar-refractivity contribution in [1.29, 1.82) is 0 Å². The van der Waals surface area contributed by atoms with Crippen LogP contribution in [0.15, 0.2) is 72.8 Å². The van der Waals surface area contributed by atoms with E-state index < -0.39 is 5.92 Å². The van der Waals surface area contributed by atoms with E-state index in [-0.39, 0.29) is 5.91 Å². The number of benzene rings is 3. The highest BCUT2D eigenvalue weighted by atomic mass is 16.5. The zero-order chi connectivity index (χ0) is 18.8. The summed E-state index contributed by atoms with van der Waals surface area (Å²) in [6.45, 7) is 0.761. The van der Waals surface area contributed by atoms with Gasteiger partial charge in [0.1, 0.15) is 11.5 Å². The van der Waals surface area contributed by atoms with Crippen molar-refractivity contribution in [1.82, 2.24) is 4.90 Å². The lowest BCUT2D eigenvalue weighted by Gasteiger charge is -2.27. The van der Waals surface area contributed by atoms with E-state index in [0.29, 0.717) is 0 Å². The maximum Gasteiger partial charge on any atom is 0.236 e.